The highest BCUT2D eigenvalue weighted by Crippen LogP contribution is 2.06. The van der Waals surface area contributed by atoms with Crippen LogP contribution in [0.4, 0.5) is 5.82 Å². The van der Waals surface area contributed by atoms with Crippen molar-refractivity contribution in [1.82, 2.24) is 4.98 Å². The van der Waals surface area contributed by atoms with Crippen molar-refractivity contribution in [2.75, 3.05) is 30.8 Å². The Hall–Kier alpha value is -1.62. The average molecular weight is 284 g/mol. The predicted molar refractivity (Wildman–Crippen MR) is 72.1 cm³/mol. The Kier molecular flexibility index (Phi) is 6.29. The Balaban J connectivity index is 2.75. The minimum atomic E-state index is -3.46. The molecule has 0 aliphatic rings. The molecule has 0 atom stereocenters. The lowest BCUT2D eigenvalue weighted by Crippen LogP contribution is -2.20. The maximum Gasteiger partial charge on any atom is 0.236 e. The van der Waals surface area contributed by atoms with E-state index in [0.717, 1.165) is 0 Å². The van der Waals surface area contributed by atoms with E-state index in [1.165, 1.54) is 7.11 Å². The van der Waals surface area contributed by atoms with Crippen LogP contribution >= 0.6 is 0 Å². The molecule has 1 rings (SSSR count). The summed E-state index contributed by atoms with van der Waals surface area (Å²) in [4.78, 5) is 4.05. The van der Waals surface area contributed by atoms with E-state index in [0.29, 0.717) is 12.1 Å². The number of ether oxygens (including phenoxy) is 1. The van der Waals surface area contributed by atoms with Crippen LogP contribution in [-0.2, 0) is 14.8 Å². The highest BCUT2D eigenvalue weighted by Gasteiger charge is 2.10. The zero-order valence-corrected chi connectivity index (χ0v) is 11.4. The van der Waals surface area contributed by atoms with Crippen LogP contribution in [0.5, 0.6) is 0 Å². The minimum Gasteiger partial charge on any atom is -0.395 e. The third kappa shape index (κ3) is 6.20. The Bertz CT molecular complexity index is 561. The van der Waals surface area contributed by atoms with Crippen molar-refractivity contribution >= 4 is 15.8 Å². The lowest BCUT2D eigenvalue weighted by molar-refractivity contribution is 0.217. The molecule has 104 valence electrons. The van der Waals surface area contributed by atoms with Gasteiger partial charge in [0.25, 0.3) is 0 Å². The quantitative estimate of drug-likeness (QED) is 0.729. The number of hydrogen-bond acceptors (Lipinski definition) is 5. The number of aliphatic hydroxyl groups excluding tert-OH is 1. The van der Waals surface area contributed by atoms with Crippen LogP contribution in [0.25, 0.3) is 0 Å². The normalized spacial score (nSPS) is 10.6. The first-order chi connectivity index (χ1) is 9.07. The van der Waals surface area contributed by atoms with Crippen molar-refractivity contribution in [3.05, 3.63) is 23.9 Å². The summed E-state index contributed by atoms with van der Waals surface area (Å²) in [6, 6.07) is 4.86. The van der Waals surface area contributed by atoms with Crippen LogP contribution in [-0.4, -0.2) is 44.6 Å². The van der Waals surface area contributed by atoms with Gasteiger partial charge in [-0.05, 0) is 18.1 Å². The highest BCUT2D eigenvalue weighted by atomic mass is 32.2. The summed E-state index contributed by atoms with van der Waals surface area (Å²) in [7, 11) is -2.03. The van der Waals surface area contributed by atoms with Crippen LogP contribution in [0.15, 0.2) is 18.2 Å². The molecule has 0 amide bonds. The van der Waals surface area contributed by atoms with E-state index in [1.807, 2.05) is 0 Å². The lowest BCUT2D eigenvalue weighted by Gasteiger charge is -2.06. The van der Waals surface area contributed by atoms with Gasteiger partial charge < -0.3 is 9.84 Å². The second-order valence-corrected chi connectivity index (χ2v) is 5.44. The van der Waals surface area contributed by atoms with E-state index >= 15 is 0 Å². The second-order valence-electron chi connectivity index (χ2n) is 3.60. The van der Waals surface area contributed by atoms with Gasteiger partial charge in [0.05, 0.1) is 19.0 Å². The van der Waals surface area contributed by atoms with Crippen molar-refractivity contribution in [3.63, 3.8) is 0 Å². The molecule has 19 heavy (non-hydrogen) atoms. The molecule has 0 aliphatic carbocycles. The molecule has 0 aliphatic heterocycles. The minimum absolute atomic E-state index is 0.0175. The van der Waals surface area contributed by atoms with Crippen LogP contribution < -0.4 is 4.72 Å². The Morgan fingerprint density at radius 3 is 2.95 bits per heavy atom. The number of aromatic nitrogens is 1. The fourth-order valence-corrected chi connectivity index (χ4v) is 2.09. The summed E-state index contributed by atoms with van der Waals surface area (Å²) in [5.41, 5.74) is 0.445. The summed E-state index contributed by atoms with van der Waals surface area (Å²) < 4.78 is 30.3. The summed E-state index contributed by atoms with van der Waals surface area (Å²) in [6.45, 7) is 0.0989. The monoisotopic (exact) mass is 284 g/mol. The number of sulfonamides is 1. The zero-order chi connectivity index (χ0) is 14.1. The van der Waals surface area contributed by atoms with Gasteiger partial charge in [-0.3, -0.25) is 4.72 Å². The average Bonchev–Trinajstić information content (AvgIpc) is 2.37. The molecule has 2 N–H and O–H groups in total. The van der Waals surface area contributed by atoms with E-state index in [2.05, 4.69) is 21.5 Å². The number of rotatable bonds is 6. The lowest BCUT2D eigenvalue weighted by atomic mass is 10.3. The molecule has 0 aromatic carbocycles. The summed E-state index contributed by atoms with van der Waals surface area (Å²) in [5, 5.41) is 8.61. The van der Waals surface area contributed by atoms with Crippen molar-refractivity contribution in [2.24, 2.45) is 0 Å². The molecular formula is C12H16N2O4S. The van der Waals surface area contributed by atoms with Gasteiger partial charge in [0.1, 0.15) is 11.5 Å². The standard InChI is InChI=1S/C12H16N2O4S/c1-18-9-10-19(16,17)14-12-7-4-6-11(13-12)5-2-3-8-15/h4,6-7,15H,3,8-10H2,1H3,(H,13,14). The highest BCUT2D eigenvalue weighted by molar-refractivity contribution is 7.92. The Morgan fingerprint density at radius 2 is 2.26 bits per heavy atom. The number of aliphatic hydroxyl groups is 1. The van der Waals surface area contributed by atoms with Crippen LogP contribution in [0.2, 0.25) is 0 Å². The topological polar surface area (TPSA) is 88.5 Å². The number of hydrogen-bond donors (Lipinski definition) is 2. The first kappa shape index (κ1) is 15.4. The second kappa shape index (κ2) is 7.74. The SMILES string of the molecule is COCCS(=O)(=O)Nc1cccc(C#CCCO)n1. The molecule has 0 bridgehead atoms. The van der Waals surface area contributed by atoms with Gasteiger partial charge in [-0.15, -0.1) is 0 Å². The van der Waals surface area contributed by atoms with E-state index in [4.69, 9.17) is 9.84 Å². The van der Waals surface area contributed by atoms with Crippen molar-refractivity contribution in [1.29, 1.82) is 0 Å². The van der Waals surface area contributed by atoms with Crippen molar-refractivity contribution in [2.45, 2.75) is 6.42 Å². The molecule has 0 saturated heterocycles. The van der Waals surface area contributed by atoms with Gasteiger partial charge in [0.15, 0.2) is 0 Å². The molecule has 0 fully saturated rings. The molecular weight excluding hydrogens is 268 g/mol. The van der Waals surface area contributed by atoms with E-state index in [1.54, 1.807) is 18.2 Å². The van der Waals surface area contributed by atoms with Crippen molar-refractivity contribution in [3.8, 4) is 11.8 Å². The van der Waals surface area contributed by atoms with Gasteiger partial charge in [-0.1, -0.05) is 12.0 Å². The summed E-state index contributed by atoms with van der Waals surface area (Å²) in [6.07, 6.45) is 0.353. The predicted octanol–water partition coefficient (Wildman–Crippen LogP) is 0.204. The number of nitrogens with one attached hydrogen (secondary N) is 1. The third-order valence-electron chi connectivity index (χ3n) is 2.02. The maximum atomic E-state index is 11.6. The van der Waals surface area contributed by atoms with Gasteiger partial charge in [-0.25, -0.2) is 13.4 Å². The fraction of sp³-hybridized carbons (Fsp3) is 0.417. The molecule has 1 heterocycles. The summed E-state index contributed by atoms with van der Waals surface area (Å²) >= 11 is 0. The molecule has 6 nitrogen and oxygen atoms in total. The molecule has 0 radical (unpaired) electrons. The molecule has 7 heteroatoms. The molecule has 0 unspecified atom stereocenters. The van der Waals surface area contributed by atoms with Crippen LogP contribution in [0.1, 0.15) is 12.1 Å². The number of pyridine rings is 1. The first-order valence-electron chi connectivity index (χ1n) is 5.63. The molecule has 1 aromatic heterocycles. The maximum absolute atomic E-state index is 11.6. The van der Waals surface area contributed by atoms with E-state index in [-0.39, 0.29) is 24.8 Å². The van der Waals surface area contributed by atoms with Gasteiger partial charge in [0, 0.05) is 13.5 Å². The van der Waals surface area contributed by atoms with Crippen LogP contribution in [0.3, 0.4) is 0 Å². The molecule has 1 aromatic rings. The van der Waals surface area contributed by atoms with E-state index in [9.17, 15) is 8.42 Å². The number of anilines is 1. The van der Waals surface area contributed by atoms with Gasteiger partial charge in [-0.2, -0.15) is 0 Å². The number of methoxy groups -OCH3 is 1. The largest absolute Gasteiger partial charge is 0.395 e. The zero-order valence-electron chi connectivity index (χ0n) is 10.6. The third-order valence-corrected chi connectivity index (χ3v) is 3.24. The molecule has 0 spiro atoms. The Labute approximate surface area is 112 Å². The van der Waals surface area contributed by atoms with Gasteiger partial charge >= 0.3 is 0 Å². The van der Waals surface area contributed by atoms with Crippen LogP contribution in [0, 0.1) is 11.8 Å². The fourth-order valence-electron chi connectivity index (χ4n) is 1.17. The van der Waals surface area contributed by atoms with Gasteiger partial charge in [0.2, 0.25) is 10.0 Å². The molecule has 0 saturated carbocycles. The Morgan fingerprint density at radius 1 is 1.47 bits per heavy atom. The van der Waals surface area contributed by atoms with E-state index < -0.39 is 10.0 Å². The van der Waals surface area contributed by atoms with Crippen molar-refractivity contribution < 1.29 is 18.3 Å². The smallest absolute Gasteiger partial charge is 0.236 e. The first-order valence-corrected chi connectivity index (χ1v) is 7.29. The summed E-state index contributed by atoms with van der Waals surface area (Å²) in [5.74, 6) is 5.53. The number of nitrogens with zero attached hydrogens (tertiary/aromatic N) is 1.